The Morgan fingerprint density at radius 1 is 1.36 bits per heavy atom. The van der Waals surface area contributed by atoms with Crippen LogP contribution in [-0.4, -0.2) is 15.9 Å². The van der Waals surface area contributed by atoms with E-state index in [9.17, 15) is 4.79 Å². The molecule has 1 heterocycles. The van der Waals surface area contributed by atoms with E-state index in [0.29, 0.717) is 5.69 Å². The molecule has 5 heteroatoms. The summed E-state index contributed by atoms with van der Waals surface area (Å²) in [6.07, 6.45) is 2.81. The first-order valence-electron chi connectivity index (χ1n) is 6.21. The molecule has 2 rings (SSSR count). The predicted octanol–water partition coefficient (Wildman–Crippen LogP) is 4.13. The number of nitrogens with zero attached hydrogens (tertiary/aromatic N) is 2. The topological polar surface area (TPSA) is 54.5 Å². The Balaban J connectivity index is 0.000000478. The van der Waals surface area contributed by atoms with Crippen LogP contribution in [-0.2, 0) is 24.9 Å². The summed E-state index contributed by atoms with van der Waals surface area (Å²) in [6, 6.07) is 14.1. The molecule has 4 nitrogen and oxygen atoms in total. The van der Waals surface area contributed by atoms with E-state index in [-0.39, 0.29) is 31.6 Å². The minimum Gasteiger partial charge on any atom is -0.512 e. The summed E-state index contributed by atoms with van der Waals surface area (Å²) in [5, 5.41) is 8.36. The van der Waals surface area contributed by atoms with Gasteiger partial charge in [-0.2, -0.15) is 0 Å². The van der Waals surface area contributed by atoms with Crippen molar-refractivity contribution in [2.24, 2.45) is 0 Å². The van der Waals surface area contributed by atoms with Crippen molar-refractivity contribution in [3.8, 4) is 11.3 Å². The monoisotopic (exact) mass is 472 g/mol. The predicted molar refractivity (Wildman–Crippen MR) is 81.8 cm³/mol. The molecule has 1 aromatic carbocycles. The van der Waals surface area contributed by atoms with Crippen molar-refractivity contribution < 1.29 is 30.0 Å². The van der Waals surface area contributed by atoms with E-state index in [0.717, 1.165) is 11.3 Å². The molecular weight excluding hydrogens is 456 g/mol. The number of aliphatic hydroxyl groups excluding tert-OH is 1. The smallest absolute Gasteiger partial charge is 0.181 e. The van der Waals surface area contributed by atoms with Crippen molar-refractivity contribution in [3.05, 3.63) is 71.9 Å². The number of carbonyl (C=O) groups excluding carboxylic acids is 1. The molecule has 0 unspecified atom stereocenters. The van der Waals surface area contributed by atoms with Gasteiger partial charge in [0.1, 0.15) is 0 Å². The number of rotatable bonds is 2. The van der Waals surface area contributed by atoms with Crippen LogP contribution in [0.15, 0.2) is 54.4 Å². The Bertz CT molecular complexity index is 673. The summed E-state index contributed by atoms with van der Waals surface area (Å²) in [6.45, 7) is 9.74. The molecule has 0 aliphatic carbocycles. The molecule has 0 atom stereocenters. The molecule has 0 fully saturated rings. The molecule has 0 spiro atoms. The van der Waals surface area contributed by atoms with Crippen LogP contribution in [0.4, 0.5) is 5.69 Å². The maximum Gasteiger partial charge on any atom is 0.181 e. The van der Waals surface area contributed by atoms with Crippen LogP contribution < -0.4 is 0 Å². The molecule has 0 amide bonds. The second-order valence-electron chi connectivity index (χ2n) is 4.18. The summed E-state index contributed by atoms with van der Waals surface area (Å²) < 4.78 is 0. The van der Waals surface area contributed by atoms with Crippen LogP contribution in [0.3, 0.4) is 0 Å². The molecule has 0 saturated heterocycles. The van der Waals surface area contributed by atoms with E-state index in [1.165, 1.54) is 19.9 Å². The number of aliphatic hydroxyl groups is 1. The van der Waals surface area contributed by atoms with E-state index in [1.807, 2.05) is 24.3 Å². The van der Waals surface area contributed by atoms with Gasteiger partial charge < -0.3 is 10.1 Å². The van der Waals surface area contributed by atoms with Gasteiger partial charge in [0.2, 0.25) is 0 Å². The fourth-order valence-electron chi connectivity index (χ4n) is 1.48. The third kappa shape index (κ3) is 7.49. The van der Waals surface area contributed by atoms with Crippen molar-refractivity contribution in [2.45, 2.75) is 13.8 Å². The van der Waals surface area contributed by atoms with Gasteiger partial charge in [0.15, 0.2) is 11.5 Å². The van der Waals surface area contributed by atoms with Gasteiger partial charge in [0.25, 0.3) is 0 Å². The summed E-state index contributed by atoms with van der Waals surface area (Å²) in [7, 11) is 0. The SMILES string of the molecule is CC(=O)/C=C(/C)O.[C-]#[N+]c1ccnc(-c2[c-]cccc2)c1.[Ir]. The molecule has 1 aromatic heterocycles. The van der Waals surface area contributed by atoms with Gasteiger partial charge in [0.05, 0.1) is 12.3 Å². The van der Waals surface area contributed by atoms with Crippen LogP contribution >= 0.6 is 0 Å². The van der Waals surface area contributed by atoms with Gasteiger partial charge in [-0.05, 0) is 25.6 Å². The largest absolute Gasteiger partial charge is 0.512 e. The molecule has 0 bridgehead atoms. The van der Waals surface area contributed by atoms with E-state index in [1.54, 1.807) is 18.3 Å². The number of hydrogen-bond donors (Lipinski definition) is 1. The Morgan fingerprint density at radius 3 is 2.55 bits per heavy atom. The number of aromatic nitrogens is 1. The molecule has 1 N–H and O–H groups in total. The second kappa shape index (κ2) is 10.4. The first kappa shape index (κ1) is 19.7. The van der Waals surface area contributed by atoms with Gasteiger partial charge >= 0.3 is 0 Å². The third-order valence-electron chi connectivity index (χ3n) is 2.27. The summed E-state index contributed by atoms with van der Waals surface area (Å²) in [5.41, 5.74) is 2.31. The first-order valence-corrected chi connectivity index (χ1v) is 6.21. The number of benzene rings is 1. The van der Waals surface area contributed by atoms with Crippen molar-refractivity contribution in [1.29, 1.82) is 0 Å². The Morgan fingerprint density at radius 2 is 2.09 bits per heavy atom. The Hall–Kier alpha value is -2.28. The number of ketones is 1. The van der Waals surface area contributed by atoms with Crippen LogP contribution in [0.5, 0.6) is 0 Å². The Labute approximate surface area is 143 Å². The average Bonchev–Trinajstić information content (AvgIpc) is 2.47. The average molecular weight is 472 g/mol. The van der Waals surface area contributed by atoms with Crippen LogP contribution in [0.25, 0.3) is 16.1 Å². The van der Waals surface area contributed by atoms with Crippen molar-refractivity contribution in [3.63, 3.8) is 0 Å². The van der Waals surface area contributed by atoms with E-state index >= 15 is 0 Å². The zero-order valence-electron chi connectivity index (χ0n) is 12.2. The molecule has 2 aromatic rings. The molecule has 0 saturated carbocycles. The van der Waals surface area contributed by atoms with Crippen LogP contribution in [0.1, 0.15) is 13.8 Å². The zero-order valence-corrected chi connectivity index (χ0v) is 14.6. The van der Waals surface area contributed by atoms with E-state index in [4.69, 9.17) is 11.7 Å². The number of carbonyl (C=O) groups is 1. The van der Waals surface area contributed by atoms with Gasteiger partial charge in [-0.25, -0.2) is 4.85 Å². The molecule has 1 radical (unpaired) electrons. The summed E-state index contributed by atoms with van der Waals surface area (Å²) in [5.74, 6) is -0.0625. The number of pyridine rings is 1. The fraction of sp³-hybridized carbons (Fsp3) is 0.118. The molecule has 22 heavy (non-hydrogen) atoms. The number of allylic oxidation sites excluding steroid dienone is 2. The van der Waals surface area contributed by atoms with Crippen molar-refractivity contribution in [1.82, 2.24) is 4.98 Å². The minimum absolute atomic E-state index is 0. The maximum absolute atomic E-state index is 10.0. The number of hydrogen-bond acceptors (Lipinski definition) is 3. The van der Waals surface area contributed by atoms with Crippen molar-refractivity contribution in [2.75, 3.05) is 0 Å². The summed E-state index contributed by atoms with van der Waals surface area (Å²) in [4.78, 5) is 17.6. The van der Waals surface area contributed by atoms with Gasteiger partial charge in [-0.1, -0.05) is 6.07 Å². The van der Waals surface area contributed by atoms with Gasteiger partial charge in [-0.3, -0.25) is 4.79 Å². The quantitative estimate of drug-likeness (QED) is 0.407. The van der Waals surface area contributed by atoms with Crippen LogP contribution in [0.2, 0.25) is 0 Å². The third-order valence-corrected chi connectivity index (χ3v) is 2.27. The molecule has 0 aliphatic rings. The molecule has 115 valence electrons. The van der Waals surface area contributed by atoms with Crippen molar-refractivity contribution >= 4 is 11.5 Å². The fourth-order valence-corrected chi connectivity index (χ4v) is 1.48. The first-order chi connectivity index (χ1) is 10.0. The van der Waals surface area contributed by atoms with E-state index < -0.39 is 0 Å². The van der Waals surface area contributed by atoms with Crippen LogP contribution in [0, 0.1) is 12.6 Å². The van der Waals surface area contributed by atoms with Gasteiger partial charge in [0, 0.05) is 32.4 Å². The maximum atomic E-state index is 10.0. The van der Waals surface area contributed by atoms with E-state index in [2.05, 4.69) is 15.9 Å². The zero-order chi connectivity index (χ0) is 15.7. The second-order valence-corrected chi connectivity index (χ2v) is 4.18. The standard InChI is InChI=1S/C12H7N2.C5H8O2.Ir/c1-13-11-7-8-14-12(9-11)10-5-3-2-4-6-10;1-4(6)3-5(2)7;/h2-5,7-9H;3,6H,1-2H3;/q-1;;/b;4-3-;. The van der Waals surface area contributed by atoms with Gasteiger partial charge in [-0.15, -0.1) is 35.9 Å². The normalized spacial score (nSPS) is 9.59. The summed E-state index contributed by atoms with van der Waals surface area (Å²) >= 11 is 0. The molecular formula is C17H15IrN2O2-. The molecule has 0 aliphatic heterocycles. The minimum atomic E-state index is -0.125. The Kier molecular flexibility index (Phi) is 9.36.